The van der Waals surface area contributed by atoms with Gasteiger partial charge >= 0.3 is 0 Å². The fourth-order valence-electron chi connectivity index (χ4n) is 1.73. The predicted molar refractivity (Wildman–Crippen MR) is 81.6 cm³/mol. The van der Waals surface area contributed by atoms with Crippen molar-refractivity contribution in [2.75, 3.05) is 13.2 Å². The van der Waals surface area contributed by atoms with Crippen LogP contribution in [0.1, 0.15) is 39.2 Å². The Bertz CT molecular complexity index is 497. The number of amides is 1. The summed E-state index contributed by atoms with van der Waals surface area (Å²) in [5.41, 5.74) is 2.82. The van der Waals surface area contributed by atoms with E-state index in [-0.39, 0.29) is 0 Å². The summed E-state index contributed by atoms with van der Waals surface area (Å²) in [5.74, 6) is 0.822. The molecule has 0 bridgehead atoms. The first-order valence-corrected chi connectivity index (χ1v) is 7.14. The van der Waals surface area contributed by atoms with Crippen LogP contribution in [-0.4, -0.2) is 24.3 Å². The minimum absolute atomic E-state index is 0.402. The number of ether oxygens (including phenoxy) is 2. The average molecular weight is 293 g/mol. The van der Waals surface area contributed by atoms with E-state index in [0.717, 1.165) is 18.4 Å². The van der Waals surface area contributed by atoms with Crippen molar-refractivity contribution in [2.24, 2.45) is 0 Å². The van der Waals surface area contributed by atoms with Crippen molar-refractivity contribution in [3.63, 3.8) is 0 Å². The molecule has 21 heavy (non-hydrogen) atoms. The van der Waals surface area contributed by atoms with Crippen LogP contribution in [-0.2, 0) is 4.79 Å². The van der Waals surface area contributed by atoms with Crippen LogP contribution < -0.4 is 15.0 Å². The van der Waals surface area contributed by atoms with E-state index in [0.29, 0.717) is 30.3 Å². The zero-order valence-corrected chi connectivity index (χ0v) is 12.8. The molecule has 5 nitrogen and oxygen atoms in total. The molecule has 0 saturated carbocycles. The van der Waals surface area contributed by atoms with Crippen molar-refractivity contribution in [1.29, 1.82) is 0 Å². The van der Waals surface area contributed by atoms with Crippen LogP contribution in [0.4, 0.5) is 0 Å². The lowest BCUT2D eigenvalue weighted by atomic mass is 10.1. The minimum atomic E-state index is -0.531. The lowest BCUT2D eigenvalue weighted by Gasteiger charge is -2.12. The van der Waals surface area contributed by atoms with Gasteiger partial charge in [-0.1, -0.05) is 19.4 Å². The Morgan fingerprint density at radius 1 is 1.29 bits per heavy atom. The SMILES string of the molecule is CCCCOc1ccc(/C=C(\C)C(=O)NO)cc1OCC. The number of hydrogen-bond acceptors (Lipinski definition) is 4. The summed E-state index contributed by atoms with van der Waals surface area (Å²) in [4.78, 5) is 11.3. The molecule has 1 rings (SSSR count). The van der Waals surface area contributed by atoms with E-state index < -0.39 is 5.91 Å². The molecule has 116 valence electrons. The Morgan fingerprint density at radius 3 is 2.67 bits per heavy atom. The summed E-state index contributed by atoms with van der Waals surface area (Å²) in [5, 5.41) is 8.60. The van der Waals surface area contributed by atoms with Gasteiger partial charge in [0.05, 0.1) is 13.2 Å². The molecule has 0 saturated heterocycles. The van der Waals surface area contributed by atoms with Gasteiger partial charge in [0.15, 0.2) is 11.5 Å². The second-order valence-corrected chi connectivity index (χ2v) is 4.61. The average Bonchev–Trinajstić information content (AvgIpc) is 2.49. The van der Waals surface area contributed by atoms with Crippen LogP contribution in [0.5, 0.6) is 11.5 Å². The number of benzene rings is 1. The molecular formula is C16H23NO4. The Kier molecular flexibility index (Phi) is 7.32. The van der Waals surface area contributed by atoms with E-state index in [2.05, 4.69) is 6.92 Å². The predicted octanol–water partition coefficient (Wildman–Crippen LogP) is 3.17. The maximum Gasteiger partial charge on any atom is 0.270 e. The van der Waals surface area contributed by atoms with Gasteiger partial charge in [-0.25, -0.2) is 5.48 Å². The van der Waals surface area contributed by atoms with Crippen LogP contribution in [0.2, 0.25) is 0 Å². The third kappa shape index (κ3) is 5.47. The maximum atomic E-state index is 11.3. The van der Waals surface area contributed by atoms with Gasteiger partial charge in [0.25, 0.3) is 5.91 Å². The molecule has 0 aliphatic carbocycles. The quantitative estimate of drug-likeness (QED) is 0.334. The standard InChI is InChI=1S/C16H23NO4/c1-4-6-9-21-14-8-7-13(11-15(14)20-5-2)10-12(3)16(18)17-19/h7-8,10-11,19H,4-6,9H2,1-3H3,(H,17,18)/b12-10+. The van der Waals surface area contributed by atoms with Crippen LogP contribution in [0.3, 0.4) is 0 Å². The third-order valence-electron chi connectivity index (χ3n) is 2.87. The highest BCUT2D eigenvalue weighted by Crippen LogP contribution is 2.29. The lowest BCUT2D eigenvalue weighted by Crippen LogP contribution is -2.19. The molecule has 5 heteroatoms. The minimum Gasteiger partial charge on any atom is -0.490 e. The molecule has 2 N–H and O–H groups in total. The second kappa shape index (κ2) is 9.02. The van der Waals surface area contributed by atoms with E-state index in [1.165, 1.54) is 0 Å². The van der Waals surface area contributed by atoms with Gasteiger partial charge in [-0.3, -0.25) is 10.0 Å². The molecule has 1 amide bonds. The van der Waals surface area contributed by atoms with Crippen molar-refractivity contribution >= 4 is 12.0 Å². The molecule has 0 fully saturated rings. The number of carbonyl (C=O) groups is 1. The molecule has 1 aromatic carbocycles. The summed E-state index contributed by atoms with van der Waals surface area (Å²) >= 11 is 0. The molecule has 0 heterocycles. The first kappa shape index (κ1) is 17.0. The van der Waals surface area contributed by atoms with Gasteiger partial charge in [0, 0.05) is 5.57 Å². The fraction of sp³-hybridized carbons (Fsp3) is 0.438. The highest BCUT2D eigenvalue weighted by atomic mass is 16.5. The molecule has 0 aromatic heterocycles. The summed E-state index contributed by atoms with van der Waals surface area (Å²) in [6.45, 7) is 6.82. The second-order valence-electron chi connectivity index (χ2n) is 4.61. The summed E-state index contributed by atoms with van der Waals surface area (Å²) in [7, 11) is 0. The number of carbonyl (C=O) groups excluding carboxylic acids is 1. The van der Waals surface area contributed by atoms with Gasteiger partial charge in [-0.05, 0) is 44.0 Å². The molecule has 0 aliphatic rings. The molecule has 1 aromatic rings. The molecule has 0 aliphatic heterocycles. The van der Waals surface area contributed by atoms with E-state index >= 15 is 0 Å². The number of rotatable bonds is 8. The smallest absolute Gasteiger partial charge is 0.270 e. The Labute approximate surface area is 125 Å². The van der Waals surface area contributed by atoms with Gasteiger partial charge in [-0.15, -0.1) is 0 Å². The largest absolute Gasteiger partial charge is 0.490 e. The zero-order chi connectivity index (χ0) is 15.7. The molecule has 0 radical (unpaired) electrons. The molecule has 0 spiro atoms. The Hall–Kier alpha value is -2.01. The van der Waals surface area contributed by atoms with Crippen molar-refractivity contribution in [1.82, 2.24) is 5.48 Å². The highest BCUT2D eigenvalue weighted by Gasteiger charge is 2.07. The molecule has 0 atom stereocenters. The van der Waals surface area contributed by atoms with E-state index in [4.69, 9.17) is 14.7 Å². The van der Waals surface area contributed by atoms with Gasteiger partial charge in [0.2, 0.25) is 0 Å². The fourth-order valence-corrected chi connectivity index (χ4v) is 1.73. The number of nitrogens with one attached hydrogen (secondary N) is 1. The van der Waals surface area contributed by atoms with Crippen LogP contribution in [0.25, 0.3) is 6.08 Å². The Morgan fingerprint density at radius 2 is 2.05 bits per heavy atom. The van der Waals surface area contributed by atoms with Crippen LogP contribution in [0.15, 0.2) is 23.8 Å². The van der Waals surface area contributed by atoms with E-state index in [1.54, 1.807) is 18.5 Å². The number of hydrogen-bond donors (Lipinski definition) is 2. The van der Waals surface area contributed by atoms with Crippen molar-refractivity contribution in [2.45, 2.75) is 33.6 Å². The molecule has 0 unspecified atom stereocenters. The number of hydroxylamine groups is 1. The van der Waals surface area contributed by atoms with E-state index in [9.17, 15) is 4.79 Å². The highest BCUT2D eigenvalue weighted by molar-refractivity contribution is 5.96. The van der Waals surface area contributed by atoms with Crippen molar-refractivity contribution < 1.29 is 19.5 Å². The number of unbranched alkanes of at least 4 members (excludes halogenated alkanes) is 1. The lowest BCUT2D eigenvalue weighted by molar-refractivity contribution is -0.125. The first-order chi connectivity index (χ1) is 10.1. The van der Waals surface area contributed by atoms with Crippen LogP contribution >= 0.6 is 0 Å². The first-order valence-electron chi connectivity index (χ1n) is 7.14. The van der Waals surface area contributed by atoms with E-state index in [1.807, 2.05) is 25.1 Å². The zero-order valence-electron chi connectivity index (χ0n) is 12.8. The summed E-state index contributed by atoms with van der Waals surface area (Å²) in [6, 6.07) is 5.49. The monoisotopic (exact) mass is 293 g/mol. The van der Waals surface area contributed by atoms with Crippen molar-refractivity contribution in [3.05, 3.63) is 29.3 Å². The van der Waals surface area contributed by atoms with Gasteiger partial charge < -0.3 is 9.47 Å². The van der Waals surface area contributed by atoms with Gasteiger partial charge in [0.1, 0.15) is 0 Å². The van der Waals surface area contributed by atoms with Gasteiger partial charge in [-0.2, -0.15) is 0 Å². The Balaban J connectivity index is 2.94. The summed E-state index contributed by atoms with van der Waals surface area (Å²) in [6.07, 6.45) is 3.73. The van der Waals surface area contributed by atoms with Crippen LogP contribution in [0, 0.1) is 0 Å². The molecular weight excluding hydrogens is 270 g/mol. The summed E-state index contributed by atoms with van der Waals surface area (Å²) < 4.78 is 11.3. The normalized spacial score (nSPS) is 11.1. The maximum absolute atomic E-state index is 11.3. The third-order valence-corrected chi connectivity index (χ3v) is 2.87. The topological polar surface area (TPSA) is 67.8 Å². The van der Waals surface area contributed by atoms with Crippen molar-refractivity contribution in [3.8, 4) is 11.5 Å².